The van der Waals surface area contributed by atoms with Gasteiger partial charge in [-0.1, -0.05) is 36.8 Å². The minimum absolute atomic E-state index is 0.741. The Balaban J connectivity index is 1.95. The Kier molecular flexibility index (Phi) is 3.42. The van der Waals surface area contributed by atoms with Gasteiger partial charge >= 0.3 is 0 Å². The van der Waals surface area contributed by atoms with Gasteiger partial charge < -0.3 is 5.32 Å². The highest BCUT2D eigenvalue weighted by molar-refractivity contribution is 5.22. The van der Waals surface area contributed by atoms with Crippen LogP contribution in [-0.2, 0) is 6.42 Å². The lowest BCUT2D eigenvalue weighted by atomic mass is 9.92. The van der Waals surface area contributed by atoms with Crippen LogP contribution in [0.5, 0.6) is 0 Å². The average Bonchev–Trinajstić information content (AvgIpc) is 2.70. The third-order valence-electron chi connectivity index (χ3n) is 3.43. The zero-order valence-corrected chi connectivity index (χ0v) is 9.79. The van der Waals surface area contributed by atoms with Crippen LogP contribution in [0.1, 0.15) is 30.9 Å². The Morgan fingerprint density at radius 3 is 3.00 bits per heavy atom. The van der Waals surface area contributed by atoms with E-state index in [0.29, 0.717) is 0 Å². The van der Waals surface area contributed by atoms with Crippen LogP contribution in [0.2, 0.25) is 0 Å². The molecule has 0 aromatic heterocycles. The summed E-state index contributed by atoms with van der Waals surface area (Å²) in [5, 5.41) is 3.59. The molecule has 0 bridgehead atoms. The molecule has 0 saturated carbocycles. The second-order valence-electron chi connectivity index (χ2n) is 4.87. The van der Waals surface area contributed by atoms with Gasteiger partial charge in [-0.25, -0.2) is 0 Å². The van der Waals surface area contributed by atoms with Gasteiger partial charge in [-0.15, -0.1) is 0 Å². The maximum Gasteiger partial charge on any atom is 0.00963 e. The van der Waals surface area contributed by atoms with Gasteiger partial charge in [-0.2, -0.15) is 0 Å². The van der Waals surface area contributed by atoms with Gasteiger partial charge in [0.2, 0.25) is 0 Å². The van der Waals surface area contributed by atoms with Gasteiger partial charge in [0.1, 0.15) is 0 Å². The van der Waals surface area contributed by atoms with Crippen LogP contribution in [0.15, 0.2) is 24.3 Å². The summed E-state index contributed by atoms with van der Waals surface area (Å²) in [5.74, 6) is 0.759. The second kappa shape index (κ2) is 4.80. The molecule has 0 aliphatic carbocycles. The van der Waals surface area contributed by atoms with Crippen LogP contribution in [0.4, 0.5) is 0 Å². The molecule has 2 atom stereocenters. The van der Waals surface area contributed by atoms with Gasteiger partial charge in [0.15, 0.2) is 0 Å². The van der Waals surface area contributed by atoms with Gasteiger partial charge in [0.05, 0.1) is 0 Å². The van der Waals surface area contributed by atoms with E-state index < -0.39 is 0 Å². The first-order valence-electron chi connectivity index (χ1n) is 6.04. The van der Waals surface area contributed by atoms with Gasteiger partial charge in [-0.3, -0.25) is 0 Å². The van der Waals surface area contributed by atoms with Crippen LogP contribution < -0.4 is 5.32 Å². The third kappa shape index (κ3) is 2.82. The minimum atomic E-state index is 0.741. The van der Waals surface area contributed by atoms with Crippen molar-refractivity contribution in [1.29, 1.82) is 0 Å². The molecule has 1 aliphatic rings. The Labute approximate surface area is 92.9 Å². The van der Waals surface area contributed by atoms with Gasteiger partial charge in [-0.05, 0) is 44.2 Å². The lowest BCUT2D eigenvalue weighted by Gasteiger charge is -2.19. The van der Waals surface area contributed by atoms with Gasteiger partial charge in [0.25, 0.3) is 0 Å². The lowest BCUT2D eigenvalue weighted by Crippen LogP contribution is -2.29. The molecule has 2 unspecified atom stereocenters. The van der Waals surface area contributed by atoms with Crippen molar-refractivity contribution in [1.82, 2.24) is 5.32 Å². The molecule has 1 aliphatic heterocycles. The molecule has 1 saturated heterocycles. The normalized spacial score (nSPS) is 22.9. The highest BCUT2D eigenvalue weighted by Crippen LogP contribution is 2.19. The molecular formula is C14H21N. The highest BCUT2D eigenvalue weighted by atomic mass is 14.9. The van der Waals surface area contributed by atoms with E-state index in [9.17, 15) is 0 Å². The van der Waals surface area contributed by atoms with E-state index in [1.165, 1.54) is 36.9 Å². The van der Waals surface area contributed by atoms with Crippen LogP contribution in [0.25, 0.3) is 0 Å². The summed E-state index contributed by atoms with van der Waals surface area (Å²) in [6.07, 6.45) is 3.91. The van der Waals surface area contributed by atoms with E-state index in [1.807, 2.05) is 0 Å². The van der Waals surface area contributed by atoms with E-state index in [0.717, 1.165) is 12.0 Å². The van der Waals surface area contributed by atoms with E-state index in [1.54, 1.807) is 0 Å². The molecule has 82 valence electrons. The zero-order valence-electron chi connectivity index (χ0n) is 9.79. The summed E-state index contributed by atoms with van der Waals surface area (Å²) < 4.78 is 0. The predicted molar refractivity (Wildman–Crippen MR) is 65.1 cm³/mol. The summed E-state index contributed by atoms with van der Waals surface area (Å²) in [6, 6.07) is 9.64. The monoisotopic (exact) mass is 203 g/mol. The zero-order chi connectivity index (χ0) is 10.7. The highest BCUT2D eigenvalue weighted by Gasteiger charge is 2.20. The molecule has 1 N–H and O–H groups in total. The molecule has 15 heavy (non-hydrogen) atoms. The van der Waals surface area contributed by atoms with Crippen molar-refractivity contribution in [2.75, 3.05) is 6.54 Å². The van der Waals surface area contributed by atoms with Crippen LogP contribution >= 0.6 is 0 Å². The third-order valence-corrected chi connectivity index (χ3v) is 3.43. The second-order valence-corrected chi connectivity index (χ2v) is 4.87. The number of nitrogens with one attached hydrogen (secondary N) is 1. The minimum Gasteiger partial charge on any atom is -0.314 e. The molecule has 1 aromatic carbocycles. The first-order valence-corrected chi connectivity index (χ1v) is 6.04. The molecule has 1 heterocycles. The fourth-order valence-corrected chi connectivity index (χ4v) is 2.55. The quantitative estimate of drug-likeness (QED) is 0.796. The smallest absolute Gasteiger partial charge is 0.00963 e. The summed E-state index contributed by atoms with van der Waals surface area (Å²) in [6.45, 7) is 5.75. The van der Waals surface area contributed by atoms with Gasteiger partial charge in [0, 0.05) is 6.04 Å². The summed E-state index contributed by atoms with van der Waals surface area (Å²) in [4.78, 5) is 0. The maximum absolute atomic E-state index is 3.59. The Morgan fingerprint density at radius 2 is 2.33 bits per heavy atom. The maximum atomic E-state index is 3.59. The molecule has 1 nitrogen and oxygen atoms in total. The van der Waals surface area contributed by atoms with Crippen LogP contribution in [0, 0.1) is 12.8 Å². The van der Waals surface area contributed by atoms with E-state index in [2.05, 4.69) is 43.4 Å². The molecule has 0 amide bonds. The summed E-state index contributed by atoms with van der Waals surface area (Å²) >= 11 is 0. The fourth-order valence-electron chi connectivity index (χ4n) is 2.55. The lowest BCUT2D eigenvalue weighted by molar-refractivity contribution is 0.417. The number of benzene rings is 1. The molecular weight excluding hydrogens is 182 g/mol. The topological polar surface area (TPSA) is 12.0 Å². The molecule has 1 heteroatoms. The van der Waals surface area contributed by atoms with E-state index in [4.69, 9.17) is 0 Å². The molecule has 0 spiro atoms. The molecule has 2 rings (SSSR count). The Bertz CT molecular complexity index is 313. The van der Waals surface area contributed by atoms with Crippen molar-refractivity contribution >= 4 is 0 Å². The van der Waals surface area contributed by atoms with Crippen molar-refractivity contribution in [3.8, 4) is 0 Å². The van der Waals surface area contributed by atoms with Crippen LogP contribution in [-0.4, -0.2) is 12.6 Å². The number of aryl methyl sites for hydroxylation is 1. The van der Waals surface area contributed by atoms with Crippen molar-refractivity contribution in [2.24, 2.45) is 5.92 Å². The van der Waals surface area contributed by atoms with Crippen molar-refractivity contribution in [3.05, 3.63) is 35.4 Å². The summed E-state index contributed by atoms with van der Waals surface area (Å²) in [7, 11) is 0. The number of rotatable bonds is 3. The standard InChI is InChI=1S/C14H21N/c1-11-5-3-6-13(9-11)10-12(2)14-7-4-8-15-14/h3,5-6,9,12,14-15H,4,7-8,10H2,1-2H3. The van der Waals surface area contributed by atoms with Crippen molar-refractivity contribution < 1.29 is 0 Å². The largest absolute Gasteiger partial charge is 0.314 e. The molecule has 1 aromatic rings. The van der Waals surface area contributed by atoms with Crippen LogP contribution in [0.3, 0.4) is 0 Å². The summed E-state index contributed by atoms with van der Waals surface area (Å²) in [5.41, 5.74) is 2.86. The molecule has 0 radical (unpaired) electrons. The average molecular weight is 203 g/mol. The number of hydrogen-bond acceptors (Lipinski definition) is 1. The van der Waals surface area contributed by atoms with Crippen molar-refractivity contribution in [2.45, 2.75) is 39.2 Å². The molecule has 1 fully saturated rings. The SMILES string of the molecule is Cc1cccc(CC(C)C2CCCN2)c1. The first-order chi connectivity index (χ1) is 7.25. The predicted octanol–water partition coefficient (Wildman–Crippen LogP) is 2.93. The fraction of sp³-hybridized carbons (Fsp3) is 0.571. The Hall–Kier alpha value is -0.820. The van der Waals surface area contributed by atoms with E-state index in [-0.39, 0.29) is 0 Å². The number of hydrogen-bond donors (Lipinski definition) is 1. The first kappa shape index (κ1) is 10.7. The Morgan fingerprint density at radius 1 is 1.47 bits per heavy atom. The van der Waals surface area contributed by atoms with E-state index >= 15 is 0 Å². The van der Waals surface area contributed by atoms with Crippen molar-refractivity contribution in [3.63, 3.8) is 0 Å².